The summed E-state index contributed by atoms with van der Waals surface area (Å²) in [6.07, 6.45) is -4.16. The second kappa shape index (κ2) is 6.31. The molecule has 1 aromatic rings. The number of ether oxygens (including phenoxy) is 1. The summed E-state index contributed by atoms with van der Waals surface area (Å²) >= 11 is 0. The highest BCUT2D eigenvalue weighted by molar-refractivity contribution is 6.35. The normalized spacial score (nSPS) is 11.0. The highest BCUT2D eigenvalue weighted by Gasteiger charge is 2.30. The van der Waals surface area contributed by atoms with Crippen LogP contribution in [-0.2, 0) is 20.5 Å². The van der Waals surface area contributed by atoms with Gasteiger partial charge in [-0.2, -0.15) is 13.2 Å². The van der Waals surface area contributed by atoms with Gasteiger partial charge in [-0.1, -0.05) is 6.92 Å². The second-order valence-electron chi connectivity index (χ2n) is 3.93. The molecule has 108 valence electrons. The van der Waals surface area contributed by atoms with Crippen molar-refractivity contribution in [3.8, 4) is 0 Å². The third kappa shape index (κ3) is 4.18. The van der Waals surface area contributed by atoms with Gasteiger partial charge in [0.1, 0.15) is 0 Å². The van der Waals surface area contributed by atoms with Crippen molar-refractivity contribution in [3.63, 3.8) is 0 Å². The maximum atomic E-state index is 12.3. The zero-order valence-corrected chi connectivity index (χ0v) is 10.5. The highest BCUT2D eigenvalue weighted by Crippen LogP contribution is 2.29. The van der Waals surface area contributed by atoms with Crippen LogP contribution < -0.4 is 0 Å². The molecule has 0 heterocycles. The molecule has 0 saturated carbocycles. The van der Waals surface area contributed by atoms with E-state index in [1.54, 1.807) is 6.92 Å². The first-order chi connectivity index (χ1) is 9.25. The molecule has 1 rings (SSSR count). The van der Waals surface area contributed by atoms with Crippen molar-refractivity contribution in [3.05, 3.63) is 35.4 Å². The first kappa shape index (κ1) is 15.9. The summed E-state index contributed by atoms with van der Waals surface area (Å²) in [5.41, 5.74) is -1.17. The van der Waals surface area contributed by atoms with Gasteiger partial charge in [-0.3, -0.25) is 4.79 Å². The Hall–Kier alpha value is -2.18. The smallest absolute Gasteiger partial charge is 0.384 e. The Bertz CT molecular complexity index is 517. The van der Waals surface area contributed by atoms with E-state index in [-0.39, 0.29) is 12.0 Å². The first-order valence-corrected chi connectivity index (χ1v) is 5.72. The van der Waals surface area contributed by atoms with Crippen molar-refractivity contribution in [1.82, 2.24) is 0 Å². The molecule has 7 heteroatoms. The highest BCUT2D eigenvalue weighted by atomic mass is 19.4. The molecule has 4 nitrogen and oxygen atoms in total. The van der Waals surface area contributed by atoms with E-state index in [2.05, 4.69) is 4.74 Å². The molecule has 0 aromatic heterocycles. The molecule has 1 aromatic carbocycles. The van der Waals surface area contributed by atoms with E-state index in [4.69, 9.17) is 0 Å². The van der Waals surface area contributed by atoms with Crippen LogP contribution in [0.3, 0.4) is 0 Å². The van der Waals surface area contributed by atoms with Crippen LogP contribution in [-0.4, -0.2) is 17.7 Å². The van der Waals surface area contributed by atoms with Crippen LogP contribution in [0.4, 0.5) is 13.2 Å². The molecule has 0 bridgehead atoms. The second-order valence-corrected chi connectivity index (χ2v) is 3.93. The Morgan fingerprint density at radius 1 is 1.10 bits per heavy atom. The molecule has 0 aliphatic rings. The van der Waals surface area contributed by atoms with Gasteiger partial charge in [0.2, 0.25) is 5.78 Å². The van der Waals surface area contributed by atoms with Gasteiger partial charge in [-0.15, -0.1) is 0 Å². The van der Waals surface area contributed by atoms with E-state index in [9.17, 15) is 27.6 Å². The van der Waals surface area contributed by atoms with Gasteiger partial charge in [0, 0.05) is 6.42 Å². The van der Waals surface area contributed by atoms with Gasteiger partial charge >= 0.3 is 18.1 Å². The number of Topliss-reactive ketones (excluding diaryl/α,β-unsaturated/α-hetero) is 1. The Morgan fingerprint density at radius 2 is 1.65 bits per heavy atom. The van der Waals surface area contributed by atoms with Crippen molar-refractivity contribution in [2.24, 2.45) is 0 Å². The first-order valence-electron chi connectivity index (χ1n) is 5.72. The summed E-state index contributed by atoms with van der Waals surface area (Å²) in [5, 5.41) is 0. The monoisotopic (exact) mass is 288 g/mol. The number of hydrogen-bond donors (Lipinski definition) is 0. The quantitative estimate of drug-likeness (QED) is 0.485. The van der Waals surface area contributed by atoms with E-state index in [0.717, 1.165) is 12.1 Å². The van der Waals surface area contributed by atoms with Crippen molar-refractivity contribution >= 4 is 17.7 Å². The minimum absolute atomic E-state index is 0.0564. The third-order valence-electron chi connectivity index (χ3n) is 2.34. The van der Waals surface area contributed by atoms with Crippen molar-refractivity contribution in [2.45, 2.75) is 25.9 Å². The number of ketones is 1. The van der Waals surface area contributed by atoms with Crippen LogP contribution in [0.15, 0.2) is 24.3 Å². The van der Waals surface area contributed by atoms with Crippen LogP contribution in [0.25, 0.3) is 0 Å². The number of carbonyl (C=O) groups is 3. The number of benzene rings is 1. The van der Waals surface area contributed by atoms with Crippen LogP contribution in [0.2, 0.25) is 0 Å². The summed E-state index contributed by atoms with van der Waals surface area (Å²) in [7, 11) is 0. The number of esters is 2. The van der Waals surface area contributed by atoms with Gasteiger partial charge in [-0.05, 0) is 30.7 Å². The molecule has 0 aliphatic carbocycles. The maximum absolute atomic E-state index is 12.3. The third-order valence-corrected chi connectivity index (χ3v) is 2.34. The predicted octanol–water partition coefficient (Wildman–Crippen LogP) is 2.76. The minimum atomic E-state index is -4.52. The van der Waals surface area contributed by atoms with E-state index in [1.165, 1.54) is 0 Å². The van der Waals surface area contributed by atoms with Crippen molar-refractivity contribution < 1.29 is 32.3 Å². The van der Waals surface area contributed by atoms with Gasteiger partial charge in [0.05, 0.1) is 11.1 Å². The van der Waals surface area contributed by atoms with E-state index < -0.39 is 29.5 Å². The molecule has 0 N–H and O–H groups in total. The largest absolute Gasteiger partial charge is 0.416 e. The molecule has 0 atom stereocenters. The molecule has 0 aliphatic heterocycles. The number of rotatable bonds is 4. The average Bonchev–Trinajstić information content (AvgIpc) is 2.38. The molecule has 20 heavy (non-hydrogen) atoms. The Balaban J connectivity index is 2.74. The number of hydrogen-bond acceptors (Lipinski definition) is 4. The van der Waals surface area contributed by atoms with Crippen LogP contribution in [0.5, 0.6) is 0 Å². The molecule has 0 saturated heterocycles. The standard InChI is InChI=1S/C13H11F3O4/c1-2-3-10(17)12(19)20-11(18)8-4-6-9(7-5-8)13(14,15)16/h4-7H,2-3H2,1H3. The fourth-order valence-corrected chi connectivity index (χ4v) is 1.32. The number of carbonyl (C=O) groups excluding carboxylic acids is 3. The summed E-state index contributed by atoms with van der Waals surface area (Å²) < 4.78 is 41.2. The number of halogens is 3. The number of alkyl halides is 3. The molecule has 0 radical (unpaired) electrons. The lowest BCUT2D eigenvalue weighted by Crippen LogP contribution is -2.21. The molecular weight excluding hydrogens is 277 g/mol. The average molecular weight is 288 g/mol. The summed E-state index contributed by atoms with van der Waals surface area (Å²) in [5.74, 6) is -3.32. The SMILES string of the molecule is CCCC(=O)C(=O)OC(=O)c1ccc(C(F)(F)F)cc1. The summed E-state index contributed by atoms with van der Waals surface area (Å²) in [6.45, 7) is 1.67. The molecule has 0 spiro atoms. The van der Waals surface area contributed by atoms with Gasteiger partial charge in [0.25, 0.3) is 0 Å². The zero-order chi connectivity index (χ0) is 15.3. The lowest BCUT2D eigenvalue weighted by Gasteiger charge is -2.07. The lowest BCUT2D eigenvalue weighted by atomic mass is 10.1. The fourth-order valence-electron chi connectivity index (χ4n) is 1.32. The van der Waals surface area contributed by atoms with Gasteiger partial charge in [0.15, 0.2) is 0 Å². The van der Waals surface area contributed by atoms with E-state index >= 15 is 0 Å². The van der Waals surface area contributed by atoms with Crippen LogP contribution >= 0.6 is 0 Å². The molecule has 0 amide bonds. The molecule has 0 unspecified atom stereocenters. The van der Waals surface area contributed by atoms with Crippen LogP contribution in [0.1, 0.15) is 35.7 Å². The minimum Gasteiger partial charge on any atom is -0.384 e. The lowest BCUT2D eigenvalue weighted by molar-refractivity contribution is -0.149. The summed E-state index contributed by atoms with van der Waals surface area (Å²) in [6, 6.07) is 3.13. The van der Waals surface area contributed by atoms with Gasteiger partial charge in [-0.25, -0.2) is 9.59 Å². The van der Waals surface area contributed by atoms with Crippen LogP contribution in [0, 0.1) is 0 Å². The van der Waals surface area contributed by atoms with Crippen molar-refractivity contribution in [2.75, 3.05) is 0 Å². The maximum Gasteiger partial charge on any atom is 0.416 e. The Labute approximate surface area is 112 Å². The van der Waals surface area contributed by atoms with E-state index in [1.807, 2.05) is 0 Å². The topological polar surface area (TPSA) is 60.4 Å². The zero-order valence-electron chi connectivity index (χ0n) is 10.5. The predicted molar refractivity (Wildman–Crippen MR) is 61.8 cm³/mol. The van der Waals surface area contributed by atoms with E-state index in [0.29, 0.717) is 18.6 Å². The Kier molecular flexibility index (Phi) is 5.01. The molecular formula is C13H11F3O4. The van der Waals surface area contributed by atoms with Gasteiger partial charge < -0.3 is 4.74 Å². The van der Waals surface area contributed by atoms with Crippen molar-refractivity contribution in [1.29, 1.82) is 0 Å². The fraction of sp³-hybridized carbons (Fsp3) is 0.308. The Morgan fingerprint density at radius 3 is 2.10 bits per heavy atom. The molecule has 0 fully saturated rings. The summed E-state index contributed by atoms with van der Waals surface area (Å²) in [4.78, 5) is 33.7.